The Hall–Kier alpha value is -1.65. The Morgan fingerprint density at radius 1 is 0.941 bits per heavy atom. The van der Waals surface area contributed by atoms with Crippen LogP contribution >= 0.6 is 0 Å². The number of hydrogen-bond acceptors (Lipinski definition) is 2. The lowest BCUT2D eigenvalue weighted by molar-refractivity contribution is 0.482. The van der Waals surface area contributed by atoms with Crippen LogP contribution in [0, 0.1) is 6.92 Å². The summed E-state index contributed by atoms with van der Waals surface area (Å²) in [4.78, 5) is 0.362. The summed E-state index contributed by atoms with van der Waals surface area (Å²) < 4.78 is 25.2. The van der Waals surface area contributed by atoms with Gasteiger partial charge < -0.3 is 9.29 Å². The highest BCUT2D eigenvalue weighted by atomic mass is 32.2. The van der Waals surface area contributed by atoms with Crippen LogP contribution in [0.15, 0.2) is 53.4 Å². The molecule has 1 atom stereocenters. The molecule has 0 aliphatic rings. The predicted molar refractivity (Wildman–Crippen MR) is 66.7 cm³/mol. The summed E-state index contributed by atoms with van der Waals surface area (Å²) >= 11 is -1.94. The Balaban J connectivity index is 2.13. The predicted octanol–water partition coefficient (Wildman–Crippen LogP) is 3.37. The van der Waals surface area contributed by atoms with Crippen molar-refractivity contribution in [1.82, 2.24) is 0 Å². The molecule has 2 rings (SSSR count). The molecule has 0 spiro atoms. The third-order valence-corrected chi connectivity index (χ3v) is 2.96. The second-order valence-electron chi connectivity index (χ2n) is 3.64. The summed E-state index contributed by atoms with van der Waals surface area (Å²) in [7, 11) is 0. The largest absolute Gasteiger partial charge is 0.457 e. The molecule has 0 saturated heterocycles. The summed E-state index contributed by atoms with van der Waals surface area (Å²) in [6.45, 7) is 2.01. The van der Waals surface area contributed by atoms with E-state index in [9.17, 15) is 4.21 Å². The third kappa shape index (κ3) is 3.15. The van der Waals surface area contributed by atoms with Gasteiger partial charge in [-0.1, -0.05) is 17.7 Å². The zero-order chi connectivity index (χ0) is 12.3. The molecule has 2 aromatic carbocycles. The third-order valence-electron chi connectivity index (χ3n) is 2.28. The standard InChI is InChI=1S/C13H12O3S/c1-10-2-4-11(5-3-10)16-12-6-8-13(9-7-12)17(14)15/h2-9H,1H3,(H,14,15). The summed E-state index contributed by atoms with van der Waals surface area (Å²) in [5.41, 5.74) is 1.17. The smallest absolute Gasteiger partial charge is 0.186 e. The molecule has 2 aromatic rings. The fourth-order valence-electron chi connectivity index (χ4n) is 1.37. The van der Waals surface area contributed by atoms with Gasteiger partial charge in [0.1, 0.15) is 11.5 Å². The van der Waals surface area contributed by atoms with E-state index in [4.69, 9.17) is 9.29 Å². The van der Waals surface area contributed by atoms with Crippen LogP contribution < -0.4 is 4.74 Å². The number of hydrogen-bond donors (Lipinski definition) is 1. The first kappa shape index (κ1) is 11.8. The molecule has 88 valence electrons. The van der Waals surface area contributed by atoms with Crippen LogP contribution in [0.2, 0.25) is 0 Å². The number of benzene rings is 2. The fourth-order valence-corrected chi connectivity index (χ4v) is 1.74. The van der Waals surface area contributed by atoms with Gasteiger partial charge >= 0.3 is 0 Å². The molecule has 3 nitrogen and oxygen atoms in total. The van der Waals surface area contributed by atoms with Crippen molar-refractivity contribution in [3.05, 3.63) is 54.1 Å². The Morgan fingerprint density at radius 2 is 1.41 bits per heavy atom. The van der Waals surface area contributed by atoms with Gasteiger partial charge in [0.2, 0.25) is 0 Å². The molecule has 0 aliphatic heterocycles. The molecule has 0 bridgehead atoms. The summed E-state index contributed by atoms with van der Waals surface area (Å²) in [5.74, 6) is 1.39. The molecule has 17 heavy (non-hydrogen) atoms. The zero-order valence-corrected chi connectivity index (χ0v) is 10.1. The molecule has 0 fully saturated rings. The van der Waals surface area contributed by atoms with Gasteiger partial charge in [-0.2, -0.15) is 0 Å². The quantitative estimate of drug-likeness (QED) is 0.847. The van der Waals surface area contributed by atoms with E-state index in [1.807, 2.05) is 31.2 Å². The van der Waals surface area contributed by atoms with Crippen molar-refractivity contribution in [2.75, 3.05) is 0 Å². The lowest BCUT2D eigenvalue weighted by Gasteiger charge is -2.06. The minimum atomic E-state index is -1.94. The first-order valence-corrected chi connectivity index (χ1v) is 6.21. The fraction of sp³-hybridized carbons (Fsp3) is 0.0769. The van der Waals surface area contributed by atoms with E-state index in [0.717, 1.165) is 5.75 Å². The lowest BCUT2D eigenvalue weighted by atomic mass is 10.2. The number of rotatable bonds is 3. The minimum absolute atomic E-state index is 0.362. The zero-order valence-electron chi connectivity index (χ0n) is 9.29. The molecule has 1 unspecified atom stereocenters. The van der Waals surface area contributed by atoms with Gasteiger partial charge in [-0.15, -0.1) is 0 Å². The van der Waals surface area contributed by atoms with E-state index >= 15 is 0 Å². The van der Waals surface area contributed by atoms with E-state index < -0.39 is 11.1 Å². The lowest BCUT2D eigenvalue weighted by Crippen LogP contribution is -1.88. The van der Waals surface area contributed by atoms with Crippen LogP contribution in [0.5, 0.6) is 11.5 Å². The van der Waals surface area contributed by atoms with E-state index in [-0.39, 0.29) is 0 Å². The minimum Gasteiger partial charge on any atom is -0.457 e. The monoisotopic (exact) mass is 248 g/mol. The summed E-state index contributed by atoms with van der Waals surface area (Å²) in [6, 6.07) is 14.2. The van der Waals surface area contributed by atoms with Crippen LogP contribution in [-0.4, -0.2) is 8.76 Å². The van der Waals surface area contributed by atoms with E-state index in [1.165, 1.54) is 5.56 Å². The average molecular weight is 248 g/mol. The van der Waals surface area contributed by atoms with E-state index in [1.54, 1.807) is 24.3 Å². The maximum Gasteiger partial charge on any atom is 0.186 e. The van der Waals surface area contributed by atoms with Gasteiger partial charge in [0.15, 0.2) is 11.1 Å². The van der Waals surface area contributed by atoms with Gasteiger partial charge in [-0.25, -0.2) is 4.21 Å². The molecule has 1 N–H and O–H groups in total. The van der Waals surface area contributed by atoms with E-state index in [2.05, 4.69) is 0 Å². The second-order valence-corrected chi connectivity index (χ2v) is 4.61. The number of aryl methyl sites for hydroxylation is 1. The van der Waals surface area contributed by atoms with Crippen molar-refractivity contribution in [2.24, 2.45) is 0 Å². The molecular formula is C13H12O3S. The summed E-state index contributed by atoms with van der Waals surface area (Å²) in [6.07, 6.45) is 0. The van der Waals surface area contributed by atoms with Crippen molar-refractivity contribution in [3.8, 4) is 11.5 Å². The Labute approximate surface area is 102 Å². The van der Waals surface area contributed by atoms with E-state index in [0.29, 0.717) is 10.6 Å². The highest BCUT2D eigenvalue weighted by molar-refractivity contribution is 7.79. The van der Waals surface area contributed by atoms with Crippen LogP contribution in [-0.2, 0) is 11.1 Å². The molecule has 0 amide bonds. The highest BCUT2D eigenvalue weighted by Crippen LogP contribution is 2.22. The van der Waals surface area contributed by atoms with Gasteiger partial charge in [-0.3, -0.25) is 0 Å². The molecular weight excluding hydrogens is 236 g/mol. The molecule has 0 heterocycles. The Morgan fingerprint density at radius 3 is 1.88 bits per heavy atom. The topological polar surface area (TPSA) is 46.5 Å². The first-order chi connectivity index (χ1) is 8.15. The maximum atomic E-state index is 10.8. The van der Waals surface area contributed by atoms with Gasteiger partial charge in [0, 0.05) is 0 Å². The van der Waals surface area contributed by atoms with Crippen molar-refractivity contribution < 1.29 is 13.5 Å². The molecule has 0 aromatic heterocycles. The van der Waals surface area contributed by atoms with Gasteiger partial charge in [-0.05, 0) is 43.3 Å². The van der Waals surface area contributed by atoms with Gasteiger partial charge in [0.25, 0.3) is 0 Å². The van der Waals surface area contributed by atoms with Crippen LogP contribution in [0.4, 0.5) is 0 Å². The van der Waals surface area contributed by atoms with Crippen molar-refractivity contribution in [2.45, 2.75) is 11.8 Å². The first-order valence-electron chi connectivity index (χ1n) is 5.10. The van der Waals surface area contributed by atoms with Crippen molar-refractivity contribution in [3.63, 3.8) is 0 Å². The second kappa shape index (κ2) is 5.12. The SMILES string of the molecule is Cc1ccc(Oc2ccc(S(=O)O)cc2)cc1. The number of ether oxygens (including phenoxy) is 1. The summed E-state index contributed by atoms with van der Waals surface area (Å²) in [5, 5.41) is 0. The molecule has 0 aliphatic carbocycles. The van der Waals surface area contributed by atoms with Crippen LogP contribution in [0.25, 0.3) is 0 Å². The molecule has 4 heteroatoms. The normalized spacial score (nSPS) is 12.1. The van der Waals surface area contributed by atoms with Crippen molar-refractivity contribution in [1.29, 1.82) is 0 Å². The molecule has 0 saturated carbocycles. The maximum absolute atomic E-state index is 10.8. The highest BCUT2D eigenvalue weighted by Gasteiger charge is 2.01. The average Bonchev–Trinajstić information content (AvgIpc) is 2.33. The Kier molecular flexibility index (Phi) is 3.56. The van der Waals surface area contributed by atoms with Crippen molar-refractivity contribution >= 4 is 11.1 Å². The Bertz CT molecular complexity index is 517. The van der Waals surface area contributed by atoms with Crippen LogP contribution in [0.3, 0.4) is 0 Å². The molecule has 0 radical (unpaired) electrons. The van der Waals surface area contributed by atoms with Crippen LogP contribution in [0.1, 0.15) is 5.56 Å². The van der Waals surface area contributed by atoms with Gasteiger partial charge in [0.05, 0.1) is 4.90 Å².